The summed E-state index contributed by atoms with van der Waals surface area (Å²) in [6.07, 6.45) is 0.373. The van der Waals surface area contributed by atoms with E-state index in [1.165, 1.54) is 5.56 Å². The van der Waals surface area contributed by atoms with Gasteiger partial charge in [0.05, 0.1) is 25.5 Å². The molecule has 1 aromatic heterocycles. The lowest BCUT2D eigenvalue weighted by Gasteiger charge is -2.17. The molecule has 3 rings (SSSR count). The van der Waals surface area contributed by atoms with Crippen molar-refractivity contribution >= 4 is 0 Å². The zero-order valence-corrected chi connectivity index (χ0v) is 15.8. The van der Waals surface area contributed by atoms with Gasteiger partial charge in [0.1, 0.15) is 11.5 Å². The molecule has 1 aliphatic heterocycles. The van der Waals surface area contributed by atoms with Crippen molar-refractivity contribution in [3.63, 3.8) is 0 Å². The first-order valence-electron chi connectivity index (χ1n) is 9.15. The highest BCUT2D eigenvalue weighted by molar-refractivity contribution is 5.37. The molecule has 2 heterocycles. The van der Waals surface area contributed by atoms with E-state index in [0.717, 1.165) is 42.3 Å². The SMILES string of the molecule is CCOCc1cc(CN2C[C@@H](Cc3cc(C)no3)[C@H](O)C2)ccc1OC. The normalized spacial score (nSPS) is 20.6. The Morgan fingerprint density at radius 2 is 2.15 bits per heavy atom. The van der Waals surface area contributed by atoms with Crippen LogP contribution in [0.15, 0.2) is 28.8 Å². The molecule has 1 N–H and O–H groups in total. The van der Waals surface area contributed by atoms with E-state index in [1.807, 2.05) is 26.0 Å². The quantitative estimate of drug-likeness (QED) is 0.780. The number of nitrogens with zero attached hydrogens (tertiary/aromatic N) is 2. The van der Waals surface area contributed by atoms with E-state index in [2.05, 4.69) is 22.2 Å². The van der Waals surface area contributed by atoms with Crippen LogP contribution in [0.4, 0.5) is 0 Å². The molecular formula is C20H28N2O4. The van der Waals surface area contributed by atoms with Crippen LogP contribution in [0.25, 0.3) is 0 Å². The van der Waals surface area contributed by atoms with Crippen molar-refractivity contribution in [2.45, 2.75) is 39.5 Å². The van der Waals surface area contributed by atoms with Crippen LogP contribution in [0.2, 0.25) is 0 Å². The van der Waals surface area contributed by atoms with Gasteiger partial charge in [-0.2, -0.15) is 0 Å². The molecule has 2 atom stereocenters. The summed E-state index contributed by atoms with van der Waals surface area (Å²) in [5.74, 6) is 1.86. The number of benzene rings is 1. The van der Waals surface area contributed by atoms with E-state index in [4.69, 9.17) is 14.0 Å². The average Bonchev–Trinajstić information content (AvgIpc) is 3.19. The topological polar surface area (TPSA) is 68.0 Å². The summed E-state index contributed by atoms with van der Waals surface area (Å²) in [4.78, 5) is 2.28. The predicted octanol–water partition coefficient (Wildman–Crippen LogP) is 2.56. The van der Waals surface area contributed by atoms with Gasteiger partial charge in [-0.3, -0.25) is 4.90 Å². The van der Waals surface area contributed by atoms with Gasteiger partial charge in [0.25, 0.3) is 0 Å². The van der Waals surface area contributed by atoms with Crippen molar-refractivity contribution in [1.82, 2.24) is 10.1 Å². The van der Waals surface area contributed by atoms with Crippen molar-refractivity contribution in [1.29, 1.82) is 0 Å². The van der Waals surface area contributed by atoms with Crippen LogP contribution in [-0.2, 0) is 24.3 Å². The lowest BCUT2D eigenvalue weighted by Crippen LogP contribution is -2.21. The van der Waals surface area contributed by atoms with E-state index in [9.17, 15) is 5.11 Å². The van der Waals surface area contributed by atoms with Gasteiger partial charge in [-0.15, -0.1) is 0 Å². The fraction of sp³-hybridized carbons (Fsp3) is 0.550. The Hall–Kier alpha value is -1.89. The van der Waals surface area contributed by atoms with Crippen molar-refractivity contribution in [2.75, 3.05) is 26.8 Å². The van der Waals surface area contributed by atoms with Crippen molar-refractivity contribution in [3.05, 3.63) is 46.8 Å². The molecule has 0 saturated carbocycles. The maximum absolute atomic E-state index is 10.4. The number of hydrogen-bond donors (Lipinski definition) is 1. The molecule has 6 heteroatoms. The van der Waals surface area contributed by atoms with Gasteiger partial charge in [0.2, 0.25) is 0 Å². The van der Waals surface area contributed by atoms with Crippen LogP contribution >= 0.6 is 0 Å². The summed E-state index contributed by atoms with van der Waals surface area (Å²) in [7, 11) is 1.68. The summed E-state index contributed by atoms with van der Waals surface area (Å²) in [5.41, 5.74) is 3.13. The molecule has 0 unspecified atom stereocenters. The largest absolute Gasteiger partial charge is 0.496 e. The molecule has 0 radical (unpaired) electrons. The third kappa shape index (κ3) is 4.63. The van der Waals surface area contributed by atoms with Gasteiger partial charge in [-0.05, 0) is 31.5 Å². The molecule has 6 nitrogen and oxygen atoms in total. The summed E-state index contributed by atoms with van der Waals surface area (Å²) < 4.78 is 16.3. The Kier molecular flexibility index (Phi) is 6.29. The van der Waals surface area contributed by atoms with Crippen molar-refractivity contribution in [2.24, 2.45) is 5.92 Å². The van der Waals surface area contributed by atoms with Gasteiger partial charge in [-0.25, -0.2) is 0 Å². The number of aliphatic hydroxyl groups is 1. The smallest absolute Gasteiger partial charge is 0.137 e. The highest BCUT2D eigenvalue weighted by Gasteiger charge is 2.32. The second-order valence-electron chi connectivity index (χ2n) is 6.94. The number of likely N-dealkylation sites (tertiary alicyclic amines) is 1. The van der Waals surface area contributed by atoms with E-state index in [1.54, 1.807) is 7.11 Å². The Morgan fingerprint density at radius 1 is 1.31 bits per heavy atom. The monoisotopic (exact) mass is 360 g/mol. The van der Waals surface area contributed by atoms with E-state index in [0.29, 0.717) is 19.8 Å². The minimum atomic E-state index is -0.346. The predicted molar refractivity (Wildman–Crippen MR) is 98.0 cm³/mol. The lowest BCUT2D eigenvalue weighted by atomic mass is 10.0. The fourth-order valence-corrected chi connectivity index (χ4v) is 3.56. The molecule has 0 bridgehead atoms. The molecule has 0 amide bonds. The number of methoxy groups -OCH3 is 1. The third-order valence-electron chi connectivity index (χ3n) is 4.83. The zero-order valence-electron chi connectivity index (χ0n) is 15.8. The number of aryl methyl sites for hydroxylation is 1. The van der Waals surface area contributed by atoms with Gasteiger partial charge < -0.3 is 19.1 Å². The number of rotatable bonds is 8. The molecule has 0 spiro atoms. The minimum absolute atomic E-state index is 0.170. The summed E-state index contributed by atoms with van der Waals surface area (Å²) in [6.45, 7) is 7.43. The number of β-amino-alcohol motifs (C(OH)–C–C–N with tert-alkyl or cyclic N) is 1. The van der Waals surface area contributed by atoms with Crippen LogP contribution in [0, 0.1) is 12.8 Å². The number of ether oxygens (including phenoxy) is 2. The van der Waals surface area contributed by atoms with Crippen LogP contribution in [0.5, 0.6) is 5.75 Å². The van der Waals surface area contributed by atoms with Gasteiger partial charge in [-0.1, -0.05) is 11.2 Å². The van der Waals surface area contributed by atoms with Gasteiger partial charge in [0, 0.05) is 50.2 Å². The molecule has 1 fully saturated rings. The van der Waals surface area contributed by atoms with Crippen LogP contribution in [0.1, 0.15) is 29.5 Å². The Morgan fingerprint density at radius 3 is 2.85 bits per heavy atom. The first-order valence-corrected chi connectivity index (χ1v) is 9.15. The minimum Gasteiger partial charge on any atom is -0.496 e. The maximum atomic E-state index is 10.4. The number of aromatic nitrogens is 1. The summed E-state index contributed by atoms with van der Waals surface area (Å²) in [5, 5.41) is 14.3. The van der Waals surface area contributed by atoms with E-state index in [-0.39, 0.29) is 12.0 Å². The Bertz CT molecular complexity index is 716. The van der Waals surface area contributed by atoms with Crippen LogP contribution in [-0.4, -0.2) is 48.1 Å². The molecule has 0 aliphatic carbocycles. The fourth-order valence-electron chi connectivity index (χ4n) is 3.56. The lowest BCUT2D eigenvalue weighted by molar-refractivity contribution is 0.131. The standard InChI is InChI=1S/C20H28N2O4/c1-4-25-13-17-8-15(5-6-20(17)24-3)10-22-11-16(19(23)12-22)9-18-7-14(2)21-26-18/h5-8,16,19,23H,4,9-13H2,1-3H3/t16-,19-/m1/s1. The first kappa shape index (κ1) is 18.9. The van der Waals surface area contributed by atoms with E-state index >= 15 is 0 Å². The highest BCUT2D eigenvalue weighted by Crippen LogP contribution is 2.26. The highest BCUT2D eigenvalue weighted by atomic mass is 16.5. The second-order valence-corrected chi connectivity index (χ2v) is 6.94. The van der Waals surface area contributed by atoms with Crippen molar-refractivity contribution in [3.8, 4) is 5.75 Å². The number of aliphatic hydroxyl groups excluding tert-OH is 1. The van der Waals surface area contributed by atoms with Crippen LogP contribution in [0.3, 0.4) is 0 Å². The Labute approximate surface area is 154 Å². The molecule has 1 aromatic carbocycles. The summed E-state index contributed by atoms with van der Waals surface area (Å²) >= 11 is 0. The zero-order chi connectivity index (χ0) is 18.5. The molecule has 1 aliphatic rings. The van der Waals surface area contributed by atoms with E-state index < -0.39 is 0 Å². The van der Waals surface area contributed by atoms with Crippen molar-refractivity contribution < 1.29 is 19.1 Å². The molecule has 142 valence electrons. The summed E-state index contributed by atoms with van der Waals surface area (Å²) in [6, 6.07) is 8.14. The second kappa shape index (κ2) is 8.66. The first-order chi connectivity index (χ1) is 12.6. The molecule has 1 saturated heterocycles. The van der Waals surface area contributed by atoms with Crippen LogP contribution < -0.4 is 4.74 Å². The molecule has 2 aromatic rings. The maximum Gasteiger partial charge on any atom is 0.137 e. The third-order valence-corrected chi connectivity index (χ3v) is 4.83. The average molecular weight is 360 g/mol. The molecule has 26 heavy (non-hydrogen) atoms. The molecular weight excluding hydrogens is 332 g/mol. The number of hydrogen-bond acceptors (Lipinski definition) is 6. The Balaban J connectivity index is 1.62. The van der Waals surface area contributed by atoms with Gasteiger partial charge in [0.15, 0.2) is 0 Å². The van der Waals surface area contributed by atoms with Gasteiger partial charge >= 0.3 is 0 Å².